The number of hydrogen-bond acceptors (Lipinski definition) is 0. The summed E-state index contributed by atoms with van der Waals surface area (Å²) in [6, 6.07) is 51.4. The highest BCUT2D eigenvalue weighted by molar-refractivity contribution is 5.98. The zero-order chi connectivity index (χ0) is 24.1. The van der Waals surface area contributed by atoms with E-state index in [2.05, 4.69) is 146 Å². The molecule has 0 bridgehead atoms. The van der Waals surface area contributed by atoms with Crippen LogP contribution in [-0.4, -0.2) is 0 Å². The minimum Gasteiger partial charge on any atom is -0.0622 e. The van der Waals surface area contributed by atoms with Crippen molar-refractivity contribution in [3.05, 3.63) is 167 Å². The van der Waals surface area contributed by atoms with Gasteiger partial charge in [-0.25, -0.2) is 0 Å². The van der Waals surface area contributed by atoms with Gasteiger partial charge in [0.2, 0.25) is 0 Å². The number of rotatable bonds is 3. The van der Waals surface area contributed by atoms with E-state index in [0.29, 0.717) is 0 Å². The Kier molecular flexibility index (Phi) is 4.69. The third-order valence-corrected chi connectivity index (χ3v) is 7.81. The van der Waals surface area contributed by atoms with Crippen LogP contribution in [0.4, 0.5) is 0 Å². The maximum absolute atomic E-state index is 2.45. The molecular formula is C36H26. The van der Waals surface area contributed by atoms with E-state index in [9.17, 15) is 0 Å². The van der Waals surface area contributed by atoms with Gasteiger partial charge in [-0.2, -0.15) is 0 Å². The first-order valence-corrected chi connectivity index (χ1v) is 12.6. The second-order valence-electron chi connectivity index (χ2n) is 9.82. The molecule has 0 radical (unpaired) electrons. The van der Waals surface area contributed by atoms with Gasteiger partial charge < -0.3 is 0 Å². The van der Waals surface area contributed by atoms with Crippen LogP contribution in [0.3, 0.4) is 0 Å². The molecule has 7 rings (SSSR count). The Morgan fingerprint density at radius 3 is 1.83 bits per heavy atom. The zero-order valence-electron chi connectivity index (χ0n) is 20.3. The molecular weight excluding hydrogens is 432 g/mol. The number of benzene rings is 6. The molecule has 0 saturated heterocycles. The Morgan fingerprint density at radius 2 is 1.08 bits per heavy atom. The lowest BCUT2D eigenvalue weighted by molar-refractivity contribution is 0.769. The zero-order valence-corrected chi connectivity index (χ0v) is 20.3. The summed E-state index contributed by atoms with van der Waals surface area (Å²) >= 11 is 0. The quantitative estimate of drug-likeness (QED) is 0.248. The van der Waals surface area contributed by atoms with Crippen molar-refractivity contribution in [3.63, 3.8) is 0 Å². The molecule has 0 unspecified atom stereocenters. The van der Waals surface area contributed by atoms with Gasteiger partial charge in [-0.15, -0.1) is 0 Å². The second-order valence-corrected chi connectivity index (χ2v) is 9.82. The summed E-state index contributed by atoms with van der Waals surface area (Å²) in [5.74, 6) is 0. The van der Waals surface area contributed by atoms with E-state index in [4.69, 9.17) is 0 Å². The van der Waals surface area contributed by atoms with E-state index < -0.39 is 0 Å². The molecule has 0 fully saturated rings. The molecule has 1 aliphatic carbocycles. The van der Waals surface area contributed by atoms with E-state index in [1.54, 1.807) is 0 Å². The summed E-state index contributed by atoms with van der Waals surface area (Å²) < 4.78 is 0. The van der Waals surface area contributed by atoms with Gasteiger partial charge in [0.05, 0.1) is 5.41 Å². The summed E-state index contributed by atoms with van der Waals surface area (Å²) in [5, 5.41) is 2.58. The van der Waals surface area contributed by atoms with Crippen LogP contribution in [0.2, 0.25) is 0 Å². The van der Waals surface area contributed by atoms with Crippen molar-refractivity contribution in [1.82, 2.24) is 0 Å². The highest BCUT2D eigenvalue weighted by Gasteiger charge is 2.46. The van der Waals surface area contributed by atoms with E-state index >= 15 is 0 Å². The van der Waals surface area contributed by atoms with Gasteiger partial charge >= 0.3 is 0 Å². The fourth-order valence-electron chi connectivity index (χ4n) is 6.25. The highest BCUT2D eigenvalue weighted by Crippen LogP contribution is 2.56. The first-order chi connectivity index (χ1) is 17.8. The maximum Gasteiger partial charge on any atom is 0.0713 e. The van der Waals surface area contributed by atoms with Crippen LogP contribution in [0, 0.1) is 6.92 Å². The molecule has 0 nitrogen and oxygen atoms in total. The molecule has 36 heavy (non-hydrogen) atoms. The average Bonchev–Trinajstić information content (AvgIpc) is 3.24. The lowest BCUT2D eigenvalue weighted by Crippen LogP contribution is -2.28. The van der Waals surface area contributed by atoms with Gasteiger partial charge in [0.1, 0.15) is 0 Å². The largest absolute Gasteiger partial charge is 0.0713 e. The summed E-state index contributed by atoms with van der Waals surface area (Å²) in [4.78, 5) is 0. The topological polar surface area (TPSA) is 0 Å². The Balaban J connectivity index is 1.59. The van der Waals surface area contributed by atoms with Gasteiger partial charge in [0, 0.05) is 0 Å². The molecule has 0 aliphatic heterocycles. The third kappa shape index (κ3) is 2.94. The number of hydrogen-bond donors (Lipinski definition) is 0. The standard InChI is InChI=1S/C36H26/c1-25-19-20-26-11-10-17-30(33(26)23-25)27-21-22-32-31-16-8-9-18-34(31)36(35(32)24-27,28-12-4-2-5-13-28)29-14-6-3-7-15-29/h2-24H,1H3. The smallest absolute Gasteiger partial charge is 0.0622 e. The van der Waals surface area contributed by atoms with Gasteiger partial charge in [0.15, 0.2) is 0 Å². The van der Waals surface area contributed by atoms with Gasteiger partial charge in [-0.3, -0.25) is 0 Å². The summed E-state index contributed by atoms with van der Waals surface area (Å²) in [6.07, 6.45) is 0. The van der Waals surface area contributed by atoms with Crippen LogP contribution in [-0.2, 0) is 5.41 Å². The minimum absolute atomic E-state index is 0.370. The lowest BCUT2D eigenvalue weighted by atomic mass is 9.67. The molecule has 0 heteroatoms. The lowest BCUT2D eigenvalue weighted by Gasteiger charge is -2.34. The number of aryl methyl sites for hydroxylation is 1. The van der Waals surface area contributed by atoms with Gasteiger partial charge in [0.25, 0.3) is 0 Å². The monoisotopic (exact) mass is 458 g/mol. The third-order valence-electron chi connectivity index (χ3n) is 7.81. The normalized spacial score (nSPS) is 13.4. The van der Waals surface area contributed by atoms with E-state index in [1.165, 1.54) is 60.8 Å². The van der Waals surface area contributed by atoms with E-state index in [1.807, 2.05) is 0 Å². The predicted octanol–water partition coefficient (Wildman–Crippen LogP) is 9.18. The van der Waals surface area contributed by atoms with Gasteiger partial charge in [-0.05, 0) is 68.3 Å². The predicted molar refractivity (Wildman–Crippen MR) is 151 cm³/mol. The van der Waals surface area contributed by atoms with E-state index in [-0.39, 0.29) is 5.41 Å². The number of fused-ring (bicyclic) bond motifs is 4. The first kappa shape index (κ1) is 20.9. The molecule has 0 aromatic heterocycles. The highest BCUT2D eigenvalue weighted by atomic mass is 14.5. The Morgan fingerprint density at radius 1 is 0.444 bits per heavy atom. The molecule has 0 heterocycles. The van der Waals surface area contributed by atoms with Crippen molar-refractivity contribution in [1.29, 1.82) is 0 Å². The Bertz CT molecular complexity index is 1690. The molecule has 6 aromatic carbocycles. The second kappa shape index (κ2) is 8.07. The summed E-state index contributed by atoms with van der Waals surface area (Å²) in [7, 11) is 0. The molecule has 6 aromatic rings. The van der Waals surface area contributed by atoms with Crippen molar-refractivity contribution in [3.8, 4) is 22.3 Å². The van der Waals surface area contributed by atoms with Crippen molar-refractivity contribution < 1.29 is 0 Å². The van der Waals surface area contributed by atoms with Crippen molar-refractivity contribution in [2.24, 2.45) is 0 Å². The molecule has 0 amide bonds. The van der Waals surface area contributed by atoms with Crippen LogP contribution in [0.1, 0.15) is 27.8 Å². The van der Waals surface area contributed by atoms with Gasteiger partial charge in [-0.1, -0.05) is 139 Å². The summed E-state index contributed by atoms with van der Waals surface area (Å²) in [6.45, 7) is 2.17. The fourth-order valence-corrected chi connectivity index (χ4v) is 6.25. The molecule has 0 saturated carbocycles. The maximum atomic E-state index is 2.45. The first-order valence-electron chi connectivity index (χ1n) is 12.6. The summed E-state index contributed by atoms with van der Waals surface area (Å²) in [5.41, 5.74) is 11.4. The SMILES string of the molecule is Cc1ccc2cccc(-c3ccc4c(c3)C(c3ccccc3)(c3ccccc3)c3ccccc3-4)c2c1. The van der Waals surface area contributed by atoms with Crippen LogP contribution in [0.5, 0.6) is 0 Å². The fraction of sp³-hybridized carbons (Fsp3) is 0.0556. The Labute approximate surface area is 212 Å². The molecule has 0 spiro atoms. The average molecular weight is 459 g/mol. The Hall–Kier alpha value is -4.42. The molecule has 170 valence electrons. The van der Waals surface area contributed by atoms with Crippen molar-refractivity contribution in [2.75, 3.05) is 0 Å². The van der Waals surface area contributed by atoms with Crippen LogP contribution < -0.4 is 0 Å². The van der Waals surface area contributed by atoms with E-state index in [0.717, 1.165) is 0 Å². The molecule has 0 atom stereocenters. The van der Waals surface area contributed by atoms with Crippen molar-refractivity contribution in [2.45, 2.75) is 12.3 Å². The minimum atomic E-state index is -0.370. The molecule has 0 N–H and O–H groups in total. The van der Waals surface area contributed by atoms with Crippen LogP contribution in [0.15, 0.2) is 140 Å². The molecule has 1 aliphatic rings. The van der Waals surface area contributed by atoms with Crippen LogP contribution >= 0.6 is 0 Å². The van der Waals surface area contributed by atoms with Crippen molar-refractivity contribution >= 4 is 10.8 Å². The van der Waals surface area contributed by atoms with Crippen LogP contribution in [0.25, 0.3) is 33.0 Å².